The van der Waals surface area contributed by atoms with E-state index >= 15 is 0 Å². The Balaban J connectivity index is 1.69. The van der Waals surface area contributed by atoms with Crippen LogP contribution in [0.3, 0.4) is 0 Å². The number of hydrogen-bond donors (Lipinski definition) is 0. The van der Waals surface area contributed by atoms with Crippen molar-refractivity contribution < 1.29 is 14.3 Å². The summed E-state index contributed by atoms with van der Waals surface area (Å²) in [6.07, 6.45) is 1.81. The van der Waals surface area contributed by atoms with Crippen LogP contribution in [0.2, 0.25) is 0 Å². The Labute approximate surface area is 176 Å². The summed E-state index contributed by atoms with van der Waals surface area (Å²) in [5.41, 5.74) is 1.90. The number of hydrogen-bond acceptors (Lipinski definition) is 5. The minimum atomic E-state index is -0.0983. The molecule has 0 aromatic heterocycles. The number of likely N-dealkylation sites (N-methyl/N-ethyl adjacent to an activating group) is 1. The summed E-state index contributed by atoms with van der Waals surface area (Å²) in [5.74, 6) is 1.44. The number of rotatable bonds is 6. The summed E-state index contributed by atoms with van der Waals surface area (Å²) in [6.45, 7) is 2.83. The van der Waals surface area contributed by atoms with E-state index in [1.807, 2.05) is 55.5 Å². The number of thioether (sulfide) groups is 1. The maximum atomic E-state index is 12.2. The number of para-hydroxylation sites is 1. The Morgan fingerprint density at radius 3 is 2.52 bits per heavy atom. The lowest BCUT2D eigenvalue weighted by atomic mass is 10.2. The molecule has 0 bridgehead atoms. The minimum Gasteiger partial charge on any atom is -0.490 e. The lowest BCUT2D eigenvalue weighted by Gasteiger charge is -2.12. The van der Waals surface area contributed by atoms with Gasteiger partial charge in [0.25, 0.3) is 5.91 Å². The normalized spacial score (nSPS) is 15.5. The van der Waals surface area contributed by atoms with Gasteiger partial charge in [-0.2, -0.15) is 0 Å². The first-order valence-corrected chi connectivity index (χ1v) is 10.3. The maximum Gasteiger partial charge on any atom is 0.265 e. The van der Waals surface area contributed by atoms with E-state index in [9.17, 15) is 4.79 Å². The van der Waals surface area contributed by atoms with Gasteiger partial charge in [-0.15, -0.1) is 0 Å². The van der Waals surface area contributed by atoms with Gasteiger partial charge in [0.1, 0.15) is 29.0 Å². The molecule has 1 aliphatic heterocycles. The van der Waals surface area contributed by atoms with E-state index < -0.39 is 0 Å². The van der Waals surface area contributed by atoms with Crippen molar-refractivity contribution in [1.29, 1.82) is 0 Å². The third-order valence-corrected chi connectivity index (χ3v) is 5.92. The summed E-state index contributed by atoms with van der Waals surface area (Å²) in [5, 5.41) is 0. The van der Waals surface area contributed by atoms with E-state index in [4.69, 9.17) is 21.7 Å². The second-order valence-electron chi connectivity index (χ2n) is 5.89. The summed E-state index contributed by atoms with van der Waals surface area (Å²) in [4.78, 5) is 14.3. The second kappa shape index (κ2) is 8.91. The van der Waals surface area contributed by atoms with Gasteiger partial charge in [-0.05, 0) is 42.8 Å². The first kappa shape index (κ1) is 19.9. The van der Waals surface area contributed by atoms with Crippen LogP contribution in [0.5, 0.6) is 11.5 Å². The standard InChI is InChI=1S/C20H18BrNO3S2/c1-13-5-3-4-6-16(13)24-9-10-25-17-8-7-15(21)11-14(17)12-18-19(23)22(2)20(26)27-18/h3-8,11-12H,9-10H2,1-2H3. The maximum absolute atomic E-state index is 12.2. The fourth-order valence-electron chi connectivity index (χ4n) is 2.47. The van der Waals surface area contributed by atoms with Crippen LogP contribution in [0.25, 0.3) is 6.08 Å². The Kier molecular flexibility index (Phi) is 6.57. The van der Waals surface area contributed by atoms with Crippen molar-refractivity contribution in [2.24, 2.45) is 0 Å². The van der Waals surface area contributed by atoms with Crippen LogP contribution < -0.4 is 9.47 Å². The van der Waals surface area contributed by atoms with Crippen molar-refractivity contribution >= 4 is 56.2 Å². The summed E-state index contributed by atoms with van der Waals surface area (Å²) in [6, 6.07) is 13.6. The van der Waals surface area contributed by atoms with Crippen molar-refractivity contribution in [2.45, 2.75) is 6.92 Å². The average molecular weight is 464 g/mol. The molecule has 2 aromatic carbocycles. The van der Waals surface area contributed by atoms with Gasteiger partial charge in [-0.25, -0.2) is 0 Å². The monoisotopic (exact) mass is 463 g/mol. The lowest BCUT2D eigenvalue weighted by Crippen LogP contribution is -2.22. The number of thiocarbonyl (C=S) groups is 1. The molecule has 7 heteroatoms. The molecule has 3 rings (SSSR count). The molecule has 0 aliphatic carbocycles. The van der Waals surface area contributed by atoms with Crippen molar-refractivity contribution in [3.8, 4) is 11.5 Å². The molecule has 0 spiro atoms. The number of aryl methyl sites for hydroxylation is 1. The zero-order valence-electron chi connectivity index (χ0n) is 14.9. The molecule has 1 amide bonds. The van der Waals surface area contributed by atoms with Gasteiger partial charge >= 0.3 is 0 Å². The molecule has 1 heterocycles. The van der Waals surface area contributed by atoms with Crippen LogP contribution >= 0.6 is 39.9 Å². The molecule has 0 unspecified atom stereocenters. The Hall–Kier alpha value is -1.83. The molecular formula is C20H18BrNO3S2. The van der Waals surface area contributed by atoms with Gasteiger partial charge in [0.15, 0.2) is 0 Å². The van der Waals surface area contributed by atoms with E-state index in [1.54, 1.807) is 7.05 Å². The Morgan fingerprint density at radius 2 is 1.85 bits per heavy atom. The summed E-state index contributed by atoms with van der Waals surface area (Å²) < 4.78 is 13.1. The van der Waals surface area contributed by atoms with E-state index in [0.29, 0.717) is 28.2 Å². The predicted octanol–water partition coefficient (Wildman–Crippen LogP) is 5.05. The highest BCUT2D eigenvalue weighted by Gasteiger charge is 2.28. The third kappa shape index (κ3) is 4.91. The van der Waals surface area contributed by atoms with Gasteiger partial charge in [-0.1, -0.05) is 58.1 Å². The fraction of sp³-hybridized carbons (Fsp3) is 0.200. The van der Waals surface area contributed by atoms with Gasteiger partial charge in [0, 0.05) is 17.1 Å². The lowest BCUT2D eigenvalue weighted by molar-refractivity contribution is -0.121. The summed E-state index contributed by atoms with van der Waals surface area (Å²) in [7, 11) is 1.68. The SMILES string of the molecule is Cc1ccccc1OCCOc1ccc(Br)cc1C=C1SC(=S)N(C)C1=O. The topological polar surface area (TPSA) is 38.8 Å². The molecule has 1 fully saturated rings. The molecule has 1 aliphatic rings. The number of amides is 1. The number of carbonyl (C=O) groups is 1. The number of ether oxygens (including phenoxy) is 2. The molecule has 2 aromatic rings. The van der Waals surface area contributed by atoms with E-state index in [-0.39, 0.29) is 5.91 Å². The molecule has 0 N–H and O–H groups in total. The van der Waals surface area contributed by atoms with Crippen LogP contribution in [0.1, 0.15) is 11.1 Å². The number of carbonyl (C=O) groups excluding carboxylic acids is 1. The summed E-state index contributed by atoms with van der Waals surface area (Å²) >= 11 is 9.94. The van der Waals surface area contributed by atoms with Crippen LogP contribution in [0.4, 0.5) is 0 Å². The quantitative estimate of drug-likeness (QED) is 0.340. The molecule has 0 atom stereocenters. The van der Waals surface area contributed by atoms with Crippen molar-refractivity contribution in [3.63, 3.8) is 0 Å². The zero-order chi connectivity index (χ0) is 19.4. The van der Waals surface area contributed by atoms with Crippen molar-refractivity contribution in [3.05, 3.63) is 63.0 Å². The van der Waals surface area contributed by atoms with Crippen LogP contribution in [-0.4, -0.2) is 35.4 Å². The molecule has 4 nitrogen and oxygen atoms in total. The van der Waals surface area contributed by atoms with Gasteiger partial charge in [0.2, 0.25) is 0 Å². The highest BCUT2D eigenvalue weighted by Crippen LogP contribution is 2.34. The van der Waals surface area contributed by atoms with E-state index in [1.165, 1.54) is 16.7 Å². The highest BCUT2D eigenvalue weighted by molar-refractivity contribution is 9.10. The van der Waals surface area contributed by atoms with Crippen molar-refractivity contribution in [2.75, 3.05) is 20.3 Å². The number of halogens is 1. The molecular weight excluding hydrogens is 446 g/mol. The second-order valence-corrected chi connectivity index (χ2v) is 8.48. The largest absolute Gasteiger partial charge is 0.490 e. The average Bonchev–Trinajstić information content (AvgIpc) is 2.88. The molecule has 0 radical (unpaired) electrons. The van der Waals surface area contributed by atoms with Crippen LogP contribution in [-0.2, 0) is 4.79 Å². The predicted molar refractivity (Wildman–Crippen MR) is 117 cm³/mol. The first-order valence-electron chi connectivity index (χ1n) is 8.28. The zero-order valence-corrected chi connectivity index (χ0v) is 18.1. The molecule has 0 saturated carbocycles. The van der Waals surface area contributed by atoms with Gasteiger partial charge in [-0.3, -0.25) is 9.69 Å². The third-order valence-electron chi connectivity index (χ3n) is 3.94. The minimum absolute atomic E-state index is 0.0983. The Bertz CT molecular complexity index is 914. The first-order chi connectivity index (χ1) is 13.0. The molecule has 27 heavy (non-hydrogen) atoms. The molecule has 1 saturated heterocycles. The number of nitrogens with zero attached hydrogens (tertiary/aromatic N) is 1. The van der Waals surface area contributed by atoms with E-state index in [0.717, 1.165) is 21.3 Å². The molecule has 140 valence electrons. The van der Waals surface area contributed by atoms with Gasteiger partial charge < -0.3 is 9.47 Å². The highest BCUT2D eigenvalue weighted by atomic mass is 79.9. The Morgan fingerprint density at radius 1 is 1.15 bits per heavy atom. The van der Waals surface area contributed by atoms with E-state index in [2.05, 4.69) is 15.9 Å². The van der Waals surface area contributed by atoms with Crippen molar-refractivity contribution in [1.82, 2.24) is 4.90 Å². The smallest absolute Gasteiger partial charge is 0.265 e. The van der Waals surface area contributed by atoms with Crippen LogP contribution in [0.15, 0.2) is 51.8 Å². The number of benzene rings is 2. The van der Waals surface area contributed by atoms with Gasteiger partial charge in [0.05, 0.1) is 4.91 Å². The fourth-order valence-corrected chi connectivity index (χ4v) is 4.02. The van der Waals surface area contributed by atoms with Crippen LogP contribution in [0, 0.1) is 6.92 Å².